The van der Waals surface area contributed by atoms with Gasteiger partial charge in [-0.3, -0.25) is 4.90 Å². The van der Waals surface area contributed by atoms with Crippen LogP contribution in [0.5, 0.6) is 0 Å². The Morgan fingerprint density at radius 1 is 1.43 bits per heavy atom. The number of nitrogens with zero attached hydrogens (tertiary/aromatic N) is 1. The highest BCUT2D eigenvalue weighted by Crippen LogP contribution is 2.27. The molecule has 1 aliphatic rings. The van der Waals surface area contributed by atoms with E-state index in [0.29, 0.717) is 18.1 Å². The summed E-state index contributed by atoms with van der Waals surface area (Å²) in [5.41, 5.74) is 0.525. The molecule has 116 valence electrons. The van der Waals surface area contributed by atoms with E-state index in [2.05, 4.69) is 12.2 Å². The maximum atomic E-state index is 12.5. The van der Waals surface area contributed by atoms with Gasteiger partial charge in [-0.1, -0.05) is 23.7 Å². The number of ether oxygens (including phenoxy) is 1. The van der Waals surface area contributed by atoms with Gasteiger partial charge in [-0.25, -0.2) is 4.79 Å². The molecule has 0 spiro atoms. The van der Waals surface area contributed by atoms with Crippen molar-refractivity contribution in [2.45, 2.75) is 45.4 Å². The topological polar surface area (TPSA) is 41.6 Å². The van der Waals surface area contributed by atoms with Crippen LogP contribution >= 0.6 is 11.6 Å². The van der Waals surface area contributed by atoms with Gasteiger partial charge >= 0.3 is 6.09 Å². The summed E-state index contributed by atoms with van der Waals surface area (Å²) in [6, 6.07) is 7.82. The van der Waals surface area contributed by atoms with Crippen LogP contribution in [-0.2, 0) is 4.74 Å². The predicted molar refractivity (Wildman–Crippen MR) is 84.6 cm³/mol. The number of benzene rings is 1. The molecule has 5 heteroatoms. The number of hydrogen-bond donors (Lipinski definition) is 1. The fourth-order valence-corrected chi connectivity index (χ4v) is 2.64. The molecule has 0 saturated carbocycles. The van der Waals surface area contributed by atoms with E-state index in [-0.39, 0.29) is 18.2 Å². The third kappa shape index (κ3) is 4.35. The van der Waals surface area contributed by atoms with Crippen LogP contribution in [0, 0.1) is 0 Å². The third-order valence-electron chi connectivity index (χ3n) is 3.37. The van der Waals surface area contributed by atoms with Crippen molar-refractivity contribution in [1.29, 1.82) is 0 Å². The summed E-state index contributed by atoms with van der Waals surface area (Å²) in [6.45, 7) is 9.01. The highest BCUT2D eigenvalue weighted by atomic mass is 35.5. The number of hydrogen-bond acceptors (Lipinski definition) is 3. The molecule has 1 N–H and O–H groups in total. The first-order valence-electron chi connectivity index (χ1n) is 7.25. The summed E-state index contributed by atoms with van der Waals surface area (Å²) in [7, 11) is 0. The Labute approximate surface area is 131 Å². The van der Waals surface area contributed by atoms with Crippen LogP contribution < -0.4 is 5.32 Å². The summed E-state index contributed by atoms with van der Waals surface area (Å²) in [5.74, 6) is 0. The van der Waals surface area contributed by atoms with Gasteiger partial charge in [-0.2, -0.15) is 0 Å². The van der Waals surface area contributed by atoms with E-state index in [4.69, 9.17) is 16.3 Å². The number of nitrogens with one attached hydrogen (secondary N) is 1. The van der Waals surface area contributed by atoms with Crippen molar-refractivity contribution in [2.24, 2.45) is 0 Å². The van der Waals surface area contributed by atoms with Crippen LogP contribution in [0.15, 0.2) is 24.3 Å². The summed E-state index contributed by atoms with van der Waals surface area (Å²) in [4.78, 5) is 14.3. The minimum absolute atomic E-state index is 0.0604. The number of carbonyl (C=O) groups is 1. The molecule has 1 unspecified atom stereocenters. The van der Waals surface area contributed by atoms with E-state index >= 15 is 0 Å². The van der Waals surface area contributed by atoms with E-state index in [0.717, 1.165) is 5.56 Å². The minimum atomic E-state index is -0.496. The van der Waals surface area contributed by atoms with E-state index in [1.807, 2.05) is 45.0 Å². The van der Waals surface area contributed by atoms with Crippen molar-refractivity contribution in [2.75, 3.05) is 13.1 Å². The molecule has 1 aromatic carbocycles. The van der Waals surface area contributed by atoms with E-state index in [1.54, 1.807) is 4.90 Å². The highest BCUT2D eigenvalue weighted by molar-refractivity contribution is 6.30. The van der Waals surface area contributed by atoms with Gasteiger partial charge in [0.05, 0.1) is 6.04 Å². The smallest absolute Gasteiger partial charge is 0.410 e. The normalized spacial score (nSPS) is 23.0. The number of carbonyl (C=O) groups excluding carboxylic acids is 1. The molecule has 0 aromatic heterocycles. The predicted octanol–water partition coefficient (Wildman–Crippen LogP) is 3.61. The molecule has 1 aromatic rings. The minimum Gasteiger partial charge on any atom is -0.444 e. The maximum Gasteiger partial charge on any atom is 0.410 e. The van der Waals surface area contributed by atoms with Crippen molar-refractivity contribution in [3.63, 3.8) is 0 Å². The number of amides is 1. The third-order valence-corrected chi connectivity index (χ3v) is 3.60. The molecule has 4 nitrogen and oxygen atoms in total. The molecule has 0 aliphatic carbocycles. The summed E-state index contributed by atoms with van der Waals surface area (Å²) in [6.07, 6.45) is -0.277. The lowest BCUT2D eigenvalue weighted by atomic mass is 10.0. The largest absolute Gasteiger partial charge is 0.444 e. The molecular weight excluding hydrogens is 288 g/mol. The van der Waals surface area contributed by atoms with Crippen LogP contribution in [-0.4, -0.2) is 35.7 Å². The molecule has 0 bridgehead atoms. The van der Waals surface area contributed by atoms with Crippen LogP contribution in [0.25, 0.3) is 0 Å². The molecular formula is C16H23ClN2O2. The second kappa shape index (κ2) is 6.24. The van der Waals surface area contributed by atoms with E-state index in [1.165, 1.54) is 0 Å². The number of halogens is 1. The monoisotopic (exact) mass is 310 g/mol. The Bertz CT molecular complexity index is 513. The lowest BCUT2D eigenvalue weighted by molar-refractivity contribution is 0.00787. The summed E-state index contributed by atoms with van der Waals surface area (Å²) in [5, 5.41) is 4.08. The molecule has 2 atom stereocenters. The zero-order valence-electron chi connectivity index (χ0n) is 13.0. The van der Waals surface area contributed by atoms with Crippen molar-refractivity contribution in [1.82, 2.24) is 10.2 Å². The van der Waals surface area contributed by atoms with Gasteiger partial charge in [0.1, 0.15) is 5.60 Å². The second-order valence-electron chi connectivity index (χ2n) is 6.51. The lowest BCUT2D eigenvalue weighted by Gasteiger charge is -2.40. The van der Waals surface area contributed by atoms with Crippen LogP contribution in [0.4, 0.5) is 4.79 Å². The first-order chi connectivity index (χ1) is 9.76. The second-order valence-corrected chi connectivity index (χ2v) is 6.95. The van der Waals surface area contributed by atoms with Gasteiger partial charge in [0.2, 0.25) is 0 Å². The molecule has 0 radical (unpaired) electrons. The molecule has 1 fully saturated rings. The maximum absolute atomic E-state index is 12.5. The number of piperazine rings is 1. The average molecular weight is 311 g/mol. The first kappa shape index (κ1) is 16.1. The van der Waals surface area contributed by atoms with E-state index < -0.39 is 5.60 Å². The summed E-state index contributed by atoms with van der Waals surface area (Å²) >= 11 is 6.07. The van der Waals surface area contributed by atoms with Gasteiger partial charge < -0.3 is 10.1 Å². The fourth-order valence-electron chi connectivity index (χ4n) is 2.44. The zero-order valence-corrected chi connectivity index (χ0v) is 13.8. The zero-order chi connectivity index (χ0) is 15.6. The van der Waals surface area contributed by atoms with Gasteiger partial charge in [0, 0.05) is 24.2 Å². The molecule has 2 rings (SSSR count). The Morgan fingerprint density at radius 3 is 2.76 bits per heavy atom. The van der Waals surface area contributed by atoms with Crippen molar-refractivity contribution in [3.8, 4) is 0 Å². The molecule has 1 aliphatic heterocycles. The Kier molecular flexibility index (Phi) is 4.79. The van der Waals surface area contributed by atoms with Crippen molar-refractivity contribution < 1.29 is 9.53 Å². The van der Waals surface area contributed by atoms with Gasteiger partial charge in [-0.15, -0.1) is 0 Å². The van der Waals surface area contributed by atoms with Crippen LogP contribution in [0.3, 0.4) is 0 Å². The highest BCUT2D eigenvalue weighted by Gasteiger charge is 2.33. The van der Waals surface area contributed by atoms with Crippen LogP contribution in [0.2, 0.25) is 5.02 Å². The molecule has 1 heterocycles. The summed E-state index contributed by atoms with van der Waals surface area (Å²) < 4.78 is 5.53. The molecule has 21 heavy (non-hydrogen) atoms. The fraction of sp³-hybridized carbons (Fsp3) is 0.562. The number of rotatable bonds is 1. The standard InChI is InChI=1S/C16H23ClN2O2/c1-11-10-19(15(20)21-16(2,3)4)14(9-18-11)12-6-5-7-13(17)8-12/h5-8,11,14,18H,9-10H2,1-4H3/t11-,14?/m1/s1. The van der Waals surface area contributed by atoms with Gasteiger partial charge in [0.25, 0.3) is 0 Å². The SMILES string of the molecule is C[C@@H]1CN(C(=O)OC(C)(C)C)C(c2cccc(Cl)c2)CN1. The van der Waals surface area contributed by atoms with Crippen LogP contribution in [0.1, 0.15) is 39.3 Å². The van der Waals surface area contributed by atoms with Gasteiger partial charge in [0.15, 0.2) is 0 Å². The quantitative estimate of drug-likeness (QED) is 0.861. The van der Waals surface area contributed by atoms with Crippen molar-refractivity contribution in [3.05, 3.63) is 34.9 Å². The molecule has 1 amide bonds. The van der Waals surface area contributed by atoms with Crippen molar-refractivity contribution >= 4 is 17.7 Å². The lowest BCUT2D eigenvalue weighted by Crippen LogP contribution is -2.54. The Hall–Kier alpha value is -1.26. The average Bonchev–Trinajstić information content (AvgIpc) is 2.36. The first-order valence-corrected chi connectivity index (χ1v) is 7.62. The Morgan fingerprint density at radius 2 is 2.14 bits per heavy atom. The Balaban J connectivity index is 2.23. The molecule has 1 saturated heterocycles. The van der Waals surface area contributed by atoms with Gasteiger partial charge in [-0.05, 0) is 45.4 Å². The van der Waals surface area contributed by atoms with E-state index in [9.17, 15) is 4.79 Å².